The normalized spacial score (nSPS) is 10.9. The maximum atomic E-state index is 5.43. The van der Waals surface area contributed by atoms with Gasteiger partial charge in [0.2, 0.25) is 0 Å². The van der Waals surface area contributed by atoms with E-state index >= 15 is 0 Å². The fourth-order valence-electron chi connectivity index (χ4n) is 1.71. The molecule has 0 aliphatic heterocycles. The average molecular weight is 279 g/mol. The highest BCUT2D eigenvalue weighted by molar-refractivity contribution is 9.10. The Hall–Kier alpha value is -0.900. The summed E-state index contributed by atoms with van der Waals surface area (Å²) in [7, 11) is 0. The second-order valence-corrected chi connectivity index (χ2v) is 4.71. The maximum absolute atomic E-state index is 5.43. The fraction of sp³-hybridized carbons (Fsp3) is 0.231. The lowest BCUT2D eigenvalue weighted by molar-refractivity contribution is 0.695. The number of halogens is 1. The van der Waals surface area contributed by atoms with Crippen molar-refractivity contribution in [2.24, 2.45) is 5.73 Å². The van der Waals surface area contributed by atoms with Gasteiger partial charge in [-0.05, 0) is 34.5 Å². The van der Waals surface area contributed by atoms with E-state index in [0.717, 1.165) is 17.6 Å². The first-order valence-corrected chi connectivity index (χ1v) is 6.18. The predicted molar refractivity (Wildman–Crippen MR) is 72.4 cm³/mol. The maximum Gasteiger partial charge on any atom is 0.0206 e. The van der Waals surface area contributed by atoms with E-state index in [9.17, 15) is 0 Å². The molecule has 2 rings (SSSR count). The SMILES string of the molecule is NCCNCc1ccc2cc(Br)ccc2c1. The zero-order valence-corrected chi connectivity index (χ0v) is 10.6. The van der Waals surface area contributed by atoms with Crippen LogP contribution in [0.5, 0.6) is 0 Å². The molecule has 3 N–H and O–H groups in total. The Kier molecular flexibility index (Phi) is 3.93. The van der Waals surface area contributed by atoms with Crippen LogP contribution in [0.1, 0.15) is 5.56 Å². The number of nitrogens with two attached hydrogens (primary N) is 1. The third kappa shape index (κ3) is 2.82. The van der Waals surface area contributed by atoms with Gasteiger partial charge in [-0.1, -0.05) is 34.1 Å². The number of fused-ring (bicyclic) bond motifs is 1. The number of hydrogen-bond acceptors (Lipinski definition) is 2. The molecule has 16 heavy (non-hydrogen) atoms. The summed E-state index contributed by atoms with van der Waals surface area (Å²) in [5.74, 6) is 0. The highest BCUT2D eigenvalue weighted by Gasteiger charge is 1.97. The van der Waals surface area contributed by atoms with Crippen molar-refractivity contribution in [3.8, 4) is 0 Å². The fourth-order valence-corrected chi connectivity index (χ4v) is 2.09. The molecule has 0 amide bonds. The Morgan fingerprint density at radius 3 is 2.62 bits per heavy atom. The topological polar surface area (TPSA) is 38.0 Å². The molecule has 0 bridgehead atoms. The number of benzene rings is 2. The summed E-state index contributed by atoms with van der Waals surface area (Å²) in [6.45, 7) is 2.42. The summed E-state index contributed by atoms with van der Waals surface area (Å²) >= 11 is 3.48. The summed E-state index contributed by atoms with van der Waals surface area (Å²) in [5, 5.41) is 5.83. The van der Waals surface area contributed by atoms with E-state index in [0.29, 0.717) is 6.54 Å². The Labute approximate surface area is 104 Å². The van der Waals surface area contributed by atoms with Gasteiger partial charge in [0.15, 0.2) is 0 Å². The standard InChI is InChI=1S/C13H15BrN2/c14-13-4-3-11-7-10(9-16-6-5-15)1-2-12(11)8-13/h1-4,7-8,16H,5-6,9,15H2. The molecule has 2 aromatic carbocycles. The van der Waals surface area contributed by atoms with Crippen LogP contribution in [0.25, 0.3) is 10.8 Å². The van der Waals surface area contributed by atoms with E-state index in [-0.39, 0.29) is 0 Å². The summed E-state index contributed by atoms with van der Waals surface area (Å²) < 4.78 is 1.12. The second-order valence-electron chi connectivity index (χ2n) is 3.79. The average Bonchev–Trinajstić information content (AvgIpc) is 2.29. The Morgan fingerprint density at radius 2 is 1.81 bits per heavy atom. The lowest BCUT2D eigenvalue weighted by Gasteiger charge is -2.05. The third-order valence-electron chi connectivity index (χ3n) is 2.52. The van der Waals surface area contributed by atoms with Crippen LogP contribution < -0.4 is 11.1 Å². The van der Waals surface area contributed by atoms with Gasteiger partial charge < -0.3 is 11.1 Å². The van der Waals surface area contributed by atoms with Gasteiger partial charge in [0, 0.05) is 24.1 Å². The first-order chi connectivity index (χ1) is 7.79. The van der Waals surface area contributed by atoms with Crippen molar-refractivity contribution >= 4 is 26.7 Å². The van der Waals surface area contributed by atoms with Gasteiger partial charge in [-0.25, -0.2) is 0 Å². The van der Waals surface area contributed by atoms with Gasteiger partial charge in [-0.3, -0.25) is 0 Å². The van der Waals surface area contributed by atoms with Crippen molar-refractivity contribution in [3.05, 3.63) is 46.4 Å². The van der Waals surface area contributed by atoms with E-state index in [1.807, 2.05) is 0 Å². The second kappa shape index (κ2) is 5.43. The summed E-state index contributed by atoms with van der Waals surface area (Å²) in [6, 6.07) is 12.8. The monoisotopic (exact) mass is 278 g/mol. The minimum Gasteiger partial charge on any atom is -0.329 e. The minimum atomic E-state index is 0.681. The first-order valence-electron chi connectivity index (χ1n) is 5.38. The van der Waals surface area contributed by atoms with Crippen LogP contribution in [0.3, 0.4) is 0 Å². The van der Waals surface area contributed by atoms with Gasteiger partial charge in [-0.2, -0.15) is 0 Å². The zero-order chi connectivity index (χ0) is 11.4. The van der Waals surface area contributed by atoms with Crippen LogP contribution >= 0.6 is 15.9 Å². The summed E-state index contributed by atoms with van der Waals surface area (Å²) in [6.07, 6.45) is 0. The van der Waals surface area contributed by atoms with Gasteiger partial charge in [0.1, 0.15) is 0 Å². The quantitative estimate of drug-likeness (QED) is 0.844. The van der Waals surface area contributed by atoms with E-state index in [1.165, 1.54) is 16.3 Å². The first kappa shape index (κ1) is 11.6. The molecule has 0 unspecified atom stereocenters. The molecular weight excluding hydrogens is 264 g/mol. The lowest BCUT2D eigenvalue weighted by Crippen LogP contribution is -2.21. The number of rotatable bonds is 4. The molecule has 0 aromatic heterocycles. The van der Waals surface area contributed by atoms with Crippen LogP contribution in [0, 0.1) is 0 Å². The van der Waals surface area contributed by atoms with Gasteiger partial charge in [0.25, 0.3) is 0 Å². The highest BCUT2D eigenvalue weighted by Crippen LogP contribution is 2.20. The van der Waals surface area contributed by atoms with E-state index in [4.69, 9.17) is 5.73 Å². The molecule has 0 aliphatic carbocycles. The predicted octanol–water partition coefficient (Wildman–Crippen LogP) is 2.65. The third-order valence-corrected chi connectivity index (χ3v) is 3.01. The smallest absolute Gasteiger partial charge is 0.0206 e. The summed E-state index contributed by atoms with van der Waals surface area (Å²) in [5.41, 5.74) is 6.73. The van der Waals surface area contributed by atoms with Gasteiger partial charge >= 0.3 is 0 Å². The van der Waals surface area contributed by atoms with Crippen molar-refractivity contribution in [1.29, 1.82) is 0 Å². The van der Waals surface area contributed by atoms with E-state index < -0.39 is 0 Å². The molecule has 2 aromatic rings. The molecule has 0 heterocycles. The Balaban J connectivity index is 2.20. The van der Waals surface area contributed by atoms with Crippen molar-refractivity contribution in [1.82, 2.24) is 5.32 Å². The molecule has 0 saturated heterocycles. The number of hydrogen-bond donors (Lipinski definition) is 2. The largest absolute Gasteiger partial charge is 0.329 e. The van der Waals surface area contributed by atoms with Crippen LogP contribution in [-0.2, 0) is 6.54 Å². The van der Waals surface area contributed by atoms with Crippen molar-refractivity contribution < 1.29 is 0 Å². The molecule has 84 valence electrons. The van der Waals surface area contributed by atoms with Crippen LogP contribution in [0.4, 0.5) is 0 Å². The zero-order valence-electron chi connectivity index (χ0n) is 9.04. The Bertz CT molecular complexity index is 482. The van der Waals surface area contributed by atoms with Crippen molar-refractivity contribution in [3.63, 3.8) is 0 Å². The highest BCUT2D eigenvalue weighted by atomic mass is 79.9. The van der Waals surface area contributed by atoms with Crippen molar-refractivity contribution in [2.45, 2.75) is 6.54 Å². The van der Waals surface area contributed by atoms with Gasteiger partial charge in [-0.15, -0.1) is 0 Å². The lowest BCUT2D eigenvalue weighted by atomic mass is 10.1. The number of nitrogens with one attached hydrogen (secondary N) is 1. The van der Waals surface area contributed by atoms with E-state index in [2.05, 4.69) is 57.6 Å². The molecule has 0 fully saturated rings. The van der Waals surface area contributed by atoms with Crippen LogP contribution in [0.15, 0.2) is 40.9 Å². The van der Waals surface area contributed by atoms with Crippen LogP contribution in [-0.4, -0.2) is 13.1 Å². The van der Waals surface area contributed by atoms with E-state index in [1.54, 1.807) is 0 Å². The summed E-state index contributed by atoms with van der Waals surface area (Å²) in [4.78, 5) is 0. The Morgan fingerprint density at radius 1 is 1.06 bits per heavy atom. The molecule has 0 saturated carbocycles. The molecule has 0 spiro atoms. The molecular formula is C13H15BrN2. The molecule has 3 heteroatoms. The molecule has 0 atom stereocenters. The molecule has 0 radical (unpaired) electrons. The van der Waals surface area contributed by atoms with Crippen molar-refractivity contribution in [2.75, 3.05) is 13.1 Å². The van der Waals surface area contributed by atoms with Gasteiger partial charge in [0.05, 0.1) is 0 Å². The molecule has 0 aliphatic rings. The molecule has 2 nitrogen and oxygen atoms in total. The van der Waals surface area contributed by atoms with Crippen LogP contribution in [0.2, 0.25) is 0 Å². The minimum absolute atomic E-state index is 0.681.